The lowest BCUT2D eigenvalue weighted by atomic mass is 10.4. The molecule has 0 aromatic rings. The number of rotatable bonds is 4. The predicted octanol–water partition coefficient (Wildman–Crippen LogP) is 1.23. The summed E-state index contributed by atoms with van der Waals surface area (Å²) in [5, 5.41) is 0. The summed E-state index contributed by atoms with van der Waals surface area (Å²) in [4.78, 5) is 11.3. The Balaban J connectivity index is 2.34. The summed E-state index contributed by atoms with van der Waals surface area (Å²) in [6.45, 7) is 6.73. The molecule has 0 aromatic carbocycles. The molecule has 1 aliphatic heterocycles. The molecule has 16 heavy (non-hydrogen) atoms. The molecule has 1 unspecified atom stereocenters. The molecular formula is C11H18O5. The Morgan fingerprint density at radius 1 is 1.44 bits per heavy atom. The van der Waals surface area contributed by atoms with Crippen molar-refractivity contribution in [1.82, 2.24) is 0 Å². The van der Waals surface area contributed by atoms with Gasteiger partial charge in [-0.1, -0.05) is 0 Å². The van der Waals surface area contributed by atoms with Crippen molar-refractivity contribution in [2.45, 2.75) is 33.2 Å². The van der Waals surface area contributed by atoms with Gasteiger partial charge in [0.2, 0.25) is 6.29 Å². The lowest BCUT2D eigenvalue weighted by Gasteiger charge is -2.23. The summed E-state index contributed by atoms with van der Waals surface area (Å²) >= 11 is 0. The van der Waals surface area contributed by atoms with Gasteiger partial charge in [0.1, 0.15) is 12.4 Å². The third kappa shape index (κ3) is 5.14. The highest BCUT2D eigenvalue weighted by atomic mass is 16.7. The Kier molecular flexibility index (Phi) is 5.28. The van der Waals surface area contributed by atoms with Crippen LogP contribution in [0.1, 0.15) is 20.8 Å². The van der Waals surface area contributed by atoms with Crippen molar-refractivity contribution in [2.24, 2.45) is 0 Å². The van der Waals surface area contributed by atoms with Crippen LogP contribution in [0.3, 0.4) is 0 Å². The van der Waals surface area contributed by atoms with Crippen molar-refractivity contribution in [3.63, 3.8) is 0 Å². The number of ether oxygens (including phenoxy) is 4. The van der Waals surface area contributed by atoms with Crippen LogP contribution in [0.15, 0.2) is 11.8 Å². The topological polar surface area (TPSA) is 54.0 Å². The maximum absolute atomic E-state index is 11.3. The Morgan fingerprint density at radius 2 is 2.19 bits per heavy atom. The predicted molar refractivity (Wildman–Crippen MR) is 56.6 cm³/mol. The van der Waals surface area contributed by atoms with Crippen LogP contribution in [0.5, 0.6) is 0 Å². The highest BCUT2D eigenvalue weighted by Crippen LogP contribution is 2.08. The van der Waals surface area contributed by atoms with Gasteiger partial charge in [-0.3, -0.25) is 0 Å². The molecule has 0 N–H and O–H groups in total. The molecule has 1 saturated heterocycles. The summed E-state index contributed by atoms with van der Waals surface area (Å²) < 4.78 is 20.7. The van der Waals surface area contributed by atoms with Gasteiger partial charge in [0.15, 0.2) is 0 Å². The van der Waals surface area contributed by atoms with Crippen molar-refractivity contribution >= 4 is 5.97 Å². The maximum atomic E-state index is 11.3. The lowest BCUT2D eigenvalue weighted by molar-refractivity contribution is -0.194. The zero-order valence-electron chi connectivity index (χ0n) is 9.89. The molecule has 92 valence electrons. The minimum Gasteiger partial charge on any atom is -0.467 e. The SMILES string of the molecule is C/C(=C/C(=O)OC(C)C)OC1COCCO1. The summed E-state index contributed by atoms with van der Waals surface area (Å²) in [5.41, 5.74) is 0. The van der Waals surface area contributed by atoms with Crippen molar-refractivity contribution in [1.29, 1.82) is 0 Å². The zero-order chi connectivity index (χ0) is 12.0. The molecular weight excluding hydrogens is 212 g/mol. The molecule has 0 bridgehead atoms. The van der Waals surface area contributed by atoms with Gasteiger partial charge in [0, 0.05) is 0 Å². The van der Waals surface area contributed by atoms with Gasteiger partial charge in [-0.15, -0.1) is 0 Å². The zero-order valence-corrected chi connectivity index (χ0v) is 9.89. The third-order valence-electron chi connectivity index (χ3n) is 1.78. The molecule has 0 radical (unpaired) electrons. The van der Waals surface area contributed by atoms with E-state index in [9.17, 15) is 4.79 Å². The molecule has 1 rings (SSSR count). The van der Waals surface area contributed by atoms with E-state index in [1.54, 1.807) is 20.8 Å². The second kappa shape index (κ2) is 6.50. The fourth-order valence-electron chi connectivity index (χ4n) is 1.21. The average Bonchev–Trinajstić information content (AvgIpc) is 2.17. The Morgan fingerprint density at radius 3 is 2.75 bits per heavy atom. The van der Waals surface area contributed by atoms with Gasteiger partial charge in [-0.2, -0.15) is 0 Å². The van der Waals surface area contributed by atoms with Gasteiger partial charge in [-0.25, -0.2) is 4.79 Å². The van der Waals surface area contributed by atoms with E-state index in [2.05, 4.69) is 0 Å². The highest BCUT2D eigenvalue weighted by molar-refractivity contribution is 5.82. The molecule has 5 nitrogen and oxygen atoms in total. The van der Waals surface area contributed by atoms with E-state index in [4.69, 9.17) is 18.9 Å². The standard InChI is InChI=1S/C11H18O5/c1-8(2)15-10(12)6-9(3)16-11-7-13-4-5-14-11/h6,8,11H,4-5,7H2,1-3H3/b9-6-. The fourth-order valence-corrected chi connectivity index (χ4v) is 1.21. The first-order valence-corrected chi connectivity index (χ1v) is 5.33. The molecule has 0 saturated carbocycles. The first kappa shape index (κ1) is 13.0. The van der Waals surface area contributed by atoms with Crippen LogP contribution >= 0.6 is 0 Å². The number of carbonyl (C=O) groups is 1. The fraction of sp³-hybridized carbons (Fsp3) is 0.727. The number of hydrogen-bond acceptors (Lipinski definition) is 5. The molecule has 1 atom stereocenters. The minimum atomic E-state index is -0.433. The minimum absolute atomic E-state index is 0.134. The van der Waals surface area contributed by atoms with Gasteiger partial charge in [-0.05, 0) is 20.8 Å². The van der Waals surface area contributed by atoms with Crippen LogP contribution < -0.4 is 0 Å². The van der Waals surface area contributed by atoms with E-state index >= 15 is 0 Å². The number of hydrogen-bond donors (Lipinski definition) is 0. The molecule has 0 aromatic heterocycles. The van der Waals surface area contributed by atoms with E-state index < -0.39 is 12.3 Å². The van der Waals surface area contributed by atoms with E-state index in [0.29, 0.717) is 25.6 Å². The van der Waals surface area contributed by atoms with Crippen LogP contribution in [-0.2, 0) is 23.7 Å². The van der Waals surface area contributed by atoms with Crippen LogP contribution in [0, 0.1) is 0 Å². The van der Waals surface area contributed by atoms with E-state index in [0.717, 1.165) is 0 Å². The van der Waals surface area contributed by atoms with E-state index in [-0.39, 0.29) is 6.10 Å². The molecule has 1 heterocycles. The molecule has 0 spiro atoms. The van der Waals surface area contributed by atoms with Gasteiger partial charge >= 0.3 is 5.97 Å². The highest BCUT2D eigenvalue weighted by Gasteiger charge is 2.16. The van der Waals surface area contributed by atoms with E-state index in [1.807, 2.05) is 0 Å². The van der Waals surface area contributed by atoms with Gasteiger partial charge in [0.25, 0.3) is 0 Å². The van der Waals surface area contributed by atoms with E-state index in [1.165, 1.54) is 6.08 Å². The van der Waals surface area contributed by atoms with Crippen molar-refractivity contribution in [3.8, 4) is 0 Å². The van der Waals surface area contributed by atoms with Crippen LogP contribution in [0.2, 0.25) is 0 Å². The summed E-state index contributed by atoms with van der Waals surface area (Å²) in [7, 11) is 0. The third-order valence-corrected chi connectivity index (χ3v) is 1.78. The summed E-state index contributed by atoms with van der Waals surface area (Å²) in [6.07, 6.45) is 0.737. The molecule has 1 fully saturated rings. The first-order chi connectivity index (χ1) is 7.58. The second-order valence-electron chi connectivity index (χ2n) is 3.73. The van der Waals surface area contributed by atoms with Crippen LogP contribution in [0.25, 0.3) is 0 Å². The Labute approximate surface area is 95.3 Å². The number of allylic oxidation sites excluding steroid dienone is 1. The van der Waals surface area contributed by atoms with Crippen LogP contribution in [0.4, 0.5) is 0 Å². The van der Waals surface area contributed by atoms with Crippen LogP contribution in [-0.4, -0.2) is 38.2 Å². The molecule has 0 aliphatic carbocycles. The molecule has 1 aliphatic rings. The molecule has 0 amide bonds. The quantitative estimate of drug-likeness (QED) is 0.413. The summed E-state index contributed by atoms with van der Waals surface area (Å²) in [5.74, 6) is 0.0466. The first-order valence-electron chi connectivity index (χ1n) is 5.33. The van der Waals surface area contributed by atoms with Gasteiger partial charge in [0.05, 0.1) is 25.4 Å². The largest absolute Gasteiger partial charge is 0.467 e. The smallest absolute Gasteiger partial charge is 0.334 e. The van der Waals surface area contributed by atoms with Crippen molar-refractivity contribution < 1.29 is 23.7 Å². The average molecular weight is 230 g/mol. The summed E-state index contributed by atoms with van der Waals surface area (Å²) in [6, 6.07) is 0. The monoisotopic (exact) mass is 230 g/mol. The Bertz CT molecular complexity index is 253. The van der Waals surface area contributed by atoms with Crippen molar-refractivity contribution in [3.05, 3.63) is 11.8 Å². The van der Waals surface area contributed by atoms with Gasteiger partial charge < -0.3 is 18.9 Å². The van der Waals surface area contributed by atoms with Crippen molar-refractivity contribution in [2.75, 3.05) is 19.8 Å². The lowest BCUT2D eigenvalue weighted by Crippen LogP contribution is -2.30. The molecule has 5 heteroatoms. The maximum Gasteiger partial charge on any atom is 0.334 e. The number of carbonyl (C=O) groups excluding carboxylic acids is 1. The normalized spacial score (nSPS) is 22.0. The second-order valence-corrected chi connectivity index (χ2v) is 3.73. The number of esters is 1. The Hall–Kier alpha value is -1.07.